The Kier molecular flexibility index (Phi) is 6.15. The molecule has 0 aliphatic rings. The Morgan fingerprint density at radius 3 is 2.50 bits per heavy atom. The van der Waals surface area contributed by atoms with Crippen LogP contribution in [0.5, 0.6) is 0 Å². The SMILES string of the molecule is Cc1[c-]cccc1F.[Zn+][Br]. The molecule has 0 atom stereocenters. The fourth-order valence-electron chi connectivity index (χ4n) is 0.500. The van der Waals surface area contributed by atoms with Crippen LogP contribution in [0.2, 0.25) is 0 Å². The van der Waals surface area contributed by atoms with Crippen molar-refractivity contribution in [1.29, 1.82) is 0 Å². The Balaban J connectivity index is 0.000000371. The normalized spacial score (nSPS) is 8.10. The summed E-state index contributed by atoms with van der Waals surface area (Å²) in [5.74, 6) is -0.187. The molecular weight excluding hydrogens is 248 g/mol. The minimum atomic E-state index is -0.187. The van der Waals surface area contributed by atoms with Gasteiger partial charge < -0.3 is 0 Å². The van der Waals surface area contributed by atoms with Gasteiger partial charge in [-0.25, -0.2) is 0 Å². The van der Waals surface area contributed by atoms with E-state index in [1.165, 1.54) is 22.4 Å². The number of aryl methyl sites for hydroxylation is 1. The summed E-state index contributed by atoms with van der Waals surface area (Å²) in [5.41, 5.74) is 0.576. The molecule has 0 bridgehead atoms. The van der Waals surface area contributed by atoms with Crippen molar-refractivity contribution in [1.82, 2.24) is 0 Å². The molecule has 0 heterocycles. The summed E-state index contributed by atoms with van der Waals surface area (Å²) in [7, 11) is 0. The maximum absolute atomic E-state index is 12.3. The number of hydrogen-bond donors (Lipinski definition) is 0. The Morgan fingerprint density at radius 2 is 2.20 bits per heavy atom. The second-order valence-electron chi connectivity index (χ2n) is 1.64. The van der Waals surface area contributed by atoms with Gasteiger partial charge in [0.05, 0.1) is 0 Å². The molecule has 0 N–H and O–H groups in total. The van der Waals surface area contributed by atoms with Crippen molar-refractivity contribution in [2.45, 2.75) is 6.92 Å². The third-order valence-electron chi connectivity index (χ3n) is 0.997. The fraction of sp³-hybridized carbons (Fsp3) is 0.143. The number of hydrogen-bond acceptors (Lipinski definition) is 0. The first kappa shape index (κ1) is 10.3. The summed E-state index contributed by atoms with van der Waals surface area (Å²) >= 11 is 4.25. The Bertz CT molecular complexity index is 170. The number of rotatable bonds is 0. The standard InChI is InChI=1S/C7H6F.BrH.Zn/c1-6-4-2-3-5-7(6)8;;/h2-3,5H,1H3;1H;/q-1;;+2/p-1. The van der Waals surface area contributed by atoms with E-state index in [4.69, 9.17) is 0 Å². The zero-order valence-corrected chi connectivity index (χ0v) is 10.2. The molecule has 0 spiro atoms. The van der Waals surface area contributed by atoms with E-state index in [1.54, 1.807) is 19.1 Å². The van der Waals surface area contributed by atoms with Crippen LogP contribution in [0.4, 0.5) is 4.39 Å². The monoisotopic (exact) mass is 252 g/mol. The maximum atomic E-state index is 12.3. The fourth-order valence-corrected chi connectivity index (χ4v) is 0.500. The van der Waals surface area contributed by atoms with E-state index < -0.39 is 0 Å². The van der Waals surface area contributed by atoms with Gasteiger partial charge in [-0.3, -0.25) is 4.39 Å². The predicted molar refractivity (Wildman–Crippen MR) is 38.9 cm³/mol. The molecule has 0 fully saturated rings. The van der Waals surface area contributed by atoms with Crippen molar-refractivity contribution < 1.29 is 20.7 Å². The average Bonchev–Trinajstić information content (AvgIpc) is 2.00. The van der Waals surface area contributed by atoms with Crippen molar-refractivity contribution in [2.24, 2.45) is 0 Å². The molecule has 0 saturated carbocycles. The molecule has 1 aromatic rings. The summed E-state index contributed by atoms with van der Waals surface area (Å²) in [5, 5.41) is 0. The van der Waals surface area contributed by atoms with Gasteiger partial charge in [-0.1, -0.05) is 6.92 Å². The van der Waals surface area contributed by atoms with Crippen LogP contribution >= 0.6 is 13.6 Å². The van der Waals surface area contributed by atoms with Gasteiger partial charge in [-0.05, 0) is 0 Å². The summed E-state index contributed by atoms with van der Waals surface area (Å²) in [4.78, 5) is 0. The molecule has 3 heteroatoms. The summed E-state index contributed by atoms with van der Waals surface area (Å²) in [6.07, 6.45) is 0. The van der Waals surface area contributed by atoms with Crippen molar-refractivity contribution in [3.8, 4) is 0 Å². The van der Waals surface area contributed by atoms with E-state index in [9.17, 15) is 4.39 Å². The predicted octanol–water partition coefficient (Wildman–Crippen LogP) is 2.78. The molecule has 1 rings (SSSR count). The summed E-state index contributed by atoms with van der Waals surface area (Å²) in [6.45, 7) is 1.69. The molecule has 0 radical (unpaired) electrons. The molecule has 0 unspecified atom stereocenters. The molecule has 0 aromatic heterocycles. The van der Waals surface area contributed by atoms with E-state index in [0.717, 1.165) is 0 Å². The van der Waals surface area contributed by atoms with Crippen molar-refractivity contribution in [3.63, 3.8) is 0 Å². The van der Waals surface area contributed by atoms with Gasteiger partial charge in [0, 0.05) is 5.82 Å². The van der Waals surface area contributed by atoms with Crippen LogP contribution < -0.4 is 0 Å². The Morgan fingerprint density at radius 1 is 1.60 bits per heavy atom. The molecule has 50 valence electrons. The third kappa shape index (κ3) is 3.43. The van der Waals surface area contributed by atoms with E-state index in [0.29, 0.717) is 5.56 Å². The Labute approximate surface area is 76.9 Å². The average molecular weight is 254 g/mol. The van der Waals surface area contributed by atoms with Crippen LogP contribution in [-0.2, 0) is 16.3 Å². The van der Waals surface area contributed by atoms with Gasteiger partial charge in [-0.2, -0.15) is 18.2 Å². The molecule has 0 saturated heterocycles. The first-order chi connectivity index (χ1) is 4.80. The van der Waals surface area contributed by atoms with Gasteiger partial charge >= 0.3 is 30.0 Å². The van der Waals surface area contributed by atoms with Gasteiger partial charge in [0.1, 0.15) is 0 Å². The van der Waals surface area contributed by atoms with Crippen LogP contribution in [0.3, 0.4) is 0 Å². The first-order valence-corrected chi connectivity index (χ1v) is 9.65. The first-order valence-electron chi connectivity index (χ1n) is 2.70. The van der Waals surface area contributed by atoms with Crippen LogP contribution in [-0.4, -0.2) is 0 Å². The van der Waals surface area contributed by atoms with Crippen molar-refractivity contribution in [2.75, 3.05) is 0 Å². The Hall–Kier alpha value is 0.253. The van der Waals surface area contributed by atoms with Crippen LogP contribution in [0.15, 0.2) is 18.2 Å². The van der Waals surface area contributed by atoms with Gasteiger partial charge in [0.25, 0.3) is 0 Å². The second-order valence-corrected chi connectivity index (χ2v) is 1.64. The van der Waals surface area contributed by atoms with E-state index in [1.807, 2.05) is 0 Å². The van der Waals surface area contributed by atoms with E-state index >= 15 is 0 Å². The molecule has 10 heavy (non-hydrogen) atoms. The van der Waals surface area contributed by atoms with Gasteiger partial charge in [0.15, 0.2) is 0 Å². The number of halogens is 2. The summed E-state index contributed by atoms with van der Waals surface area (Å²) < 4.78 is 12.3. The van der Waals surface area contributed by atoms with Gasteiger partial charge in [-0.15, -0.1) is 11.6 Å². The molecular formula is C7H6BrFZn. The topological polar surface area (TPSA) is 0 Å². The van der Waals surface area contributed by atoms with Crippen LogP contribution in [0.25, 0.3) is 0 Å². The molecule has 0 aliphatic carbocycles. The third-order valence-corrected chi connectivity index (χ3v) is 0.997. The zero-order chi connectivity index (χ0) is 7.98. The van der Waals surface area contributed by atoms with E-state index in [-0.39, 0.29) is 5.82 Å². The molecule has 1 aromatic carbocycles. The van der Waals surface area contributed by atoms with Crippen molar-refractivity contribution in [3.05, 3.63) is 35.6 Å². The molecule has 0 aliphatic heterocycles. The van der Waals surface area contributed by atoms with Gasteiger partial charge in [0.2, 0.25) is 0 Å². The van der Waals surface area contributed by atoms with E-state index in [2.05, 4.69) is 19.7 Å². The molecule has 0 amide bonds. The minimum absolute atomic E-state index is 0.187. The van der Waals surface area contributed by atoms with Crippen molar-refractivity contribution >= 4 is 13.6 Å². The molecule has 0 nitrogen and oxygen atoms in total. The van der Waals surface area contributed by atoms with Crippen LogP contribution in [0, 0.1) is 18.8 Å². The quantitative estimate of drug-likeness (QED) is 0.493. The van der Waals surface area contributed by atoms with Crippen LogP contribution in [0.1, 0.15) is 5.56 Å². The zero-order valence-electron chi connectivity index (χ0n) is 5.70. The number of benzene rings is 1. The summed E-state index contributed by atoms with van der Waals surface area (Å²) in [6, 6.07) is 7.47. The second kappa shape index (κ2) is 6.00.